The lowest BCUT2D eigenvalue weighted by molar-refractivity contribution is 0.782. The number of hydrogen-bond acceptors (Lipinski definition) is 4. The van der Waals surface area contributed by atoms with Gasteiger partial charge in [-0.25, -0.2) is 9.97 Å². The van der Waals surface area contributed by atoms with Crippen molar-refractivity contribution in [3.63, 3.8) is 0 Å². The van der Waals surface area contributed by atoms with Gasteiger partial charge in [-0.1, -0.05) is 35.9 Å². The molecule has 0 saturated heterocycles. The van der Waals surface area contributed by atoms with Gasteiger partial charge >= 0.3 is 0 Å². The molecule has 4 nitrogen and oxygen atoms in total. The first-order valence-corrected chi connectivity index (χ1v) is 8.15. The molecule has 6 heteroatoms. The van der Waals surface area contributed by atoms with E-state index < -0.39 is 0 Å². The molecule has 108 valence electrons. The number of nitrogens with zero attached hydrogens (tertiary/aromatic N) is 4. The van der Waals surface area contributed by atoms with Gasteiger partial charge in [0.15, 0.2) is 5.65 Å². The van der Waals surface area contributed by atoms with Gasteiger partial charge in [-0.15, -0.1) is 11.8 Å². The molecular weight excluding hydrogens is 304 g/mol. The molecule has 21 heavy (non-hydrogen) atoms. The Balaban J connectivity index is 1.74. The molecule has 2 heterocycles. The molecule has 0 spiro atoms. The van der Waals surface area contributed by atoms with Gasteiger partial charge in [0.05, 0.1) is 17.3 Å². The highest BCUT2D eigenvalue weighted by molar-refractivity contribution is 7.97. The van der Waals surface area contributed by atoms with E-state index in [0.717, 1.165) is 28.4 Å². The highest BCUT2D eigenvalue weighted by Gasteiger charge is 2.10. The molecule has 0 saturated carbocycles. The van der Waals surface area contributed by atoms with Crippen molar-refractivity contribution < 1.29 is 0 Å². The Morgan fingerprint density at radius 1 is 1.19 bits per heavy atom. The highest BCUT2D eigenvalue weighted by atomic mass is 35.5. The number of aromatic nitrogens is 4. The van der Waals surface area contributed by atoms with Crippen LogP contribution in [0.2, 0.25) is 5.15 Å². The minimum Gasteiger partial charge on any atom is -0.250 e. The number of aryl methyl sites for hydroxylation is 2. The van der Waals surface area contributed by atoms with Crippen LogP contribution in [-0.4, -0.2) is 19.7 Å². The number of rotatable bonds is 4. The number of hydrogen-bond donors (Lipinski definition) is 0. The van der Waals surface area contributed by atoms with Gasteiger partial charge in [0.1, 0.15) is 11.0 Å². The van der Waals surface area contributed by atoms with Crippen molar-refractivity contribution in [3.05, 3.63) is 52.6 Å². The maximum atomic E-state index is 6.18. The van der Waals surface area contributed by atoms with Crippen LogP contribution in [0.1, 0.15) is 17.0 Å². The maximum Gasteiger partial charge on any atom is 0.162 e. The molecular formula is C15H15ClN4S. The Kier molecular flexibility index (Phi) is 4.12. The van der Waals surface area contributed by atoms with Crippen LogP contribution in [-0.2, 0) is 18.6 Å². The van der Waals surface area contributed by atoms with Crippen molar-refractivity contribution in [2.75, 3.05) is 0 Å². The van der Waals surface area contributed by atoms with Gasteiger partial charge < -0.3 is 0 Å². The number of halogens is 1. The molecule has 2 aromatic heterocycles. The molecule has 1 aromatic carbocycles. The lowest BCUT2D eigenvalue weighted by Crippen LogP contribution is -1.98. The fraction of sp³-hybridized carbons (Fsp3) is 0.267. The summed E-state index contributed by atoms with van der Waals surface area (Å²) in [5, 5.41) is 5.43. The van der Waals surface area contributed by atoms with E-state index in [4.69, 9.17) is 11.6 Å². The zero-order valence-electron chi connectivity index (χ0n) is 11.9. The first-order chi connectivity index (χ1) is 10.1. The lowest BCUT2D eigenvalue weighted by Gasteiger charge is -2.05. The second-order valence-electron chi connectivity index (χ2n) is 4.86. The molecule has 0 amide bonds. The zero-order chi connectivity index (χ0) is 14.8. The van der Waals surface area contributed by atoms with Crippen LogP contribution in [0, 0.1) is 6.92 Å². The average Bonchev–Trinajstić information content (AvgIpc) is 2.83. The number of thioether (sulfide) groups is 1. The zero-order valence-corrected chi connectivity index (χ0v) is 13.4. The minimum atomic E-state index is 0.472. The Labute approximate surface area is 132 Å². The van der Waals surface area contributed by atoms with E-state index in [-0.39, 0.29) is 0 Å². The second kappa shape index (κ2) is 6.03. The predicted octanol–water partition coefficient (Wildman–Crippen LogP) is 3.76. The second-order valence-corrected chi connectivity index (χ2v) is 6.20. The summed E-state index contributed by atoms with van der Waals surface area (Å²) in [7, 11) is 1.86. The molecule has 0 atom stereocenters. The molecule has 0 aliphatic heterocycles. The van der Waals surface area contributed by atoms with Crippen LogP contribution in [0.25, 0.3) is 11.0 Å². The Morgan fingerprint density at radius 2 is 2.00 bits per heavy atom. The lowest BCUT2D eigenvalue weighted by atomic mass is 10.1. The third kappa shape index (κ3) is 3.04. The Hall–Kier alpha value is -1.59. The van der Waals surface area contributed by atoms with Crippen LogP contribution in [0.5, 0.6) is 0 Å². The summed E-state index contributed by atoms with van der Waals surface area (Å²) < 4.78 is 1.72. The smallest absolute Gasteiger partial charge is 0.162 e. The van der Waals surface area contributed by atoms with Crippen LogP contribution >= 0.6 is 23.4 Å². The summed E-state index contributed by atoms with van der Waals surface area (Å²) in [5.41, 5.74) is 3.43. The van der Waals surface area contributed by atoms with Crippen LogP contribution in [0.15, 0.2) is 30.5 Å². The normalized spacial score (nSPS) is 11.2. The topological polar surface area (TPSA) is 43.6 Å². The van der Waals surface area contributed by atoms with Crippen molar-refractivity contribution in [2.45, 2.75) is 18.4 Å². The summed E-state index contributed by atoms with van der Waals surface area (Å²) in [6, 6.07) is 8.41. The predicted molar refractivity (Wildman–Crippen MR) is 87.5 cm³/mol. The number of benzene rings is 1. The summed E-state index contributed by atoms with van der Waals surface area (Å²) in [4.78, 5) is 8.88. The molecule has 0 fully saturated rings. The quantitative estimate of drug-likeness (QED) is 0.687. The van der Waals surface area contributed by atoms with E-state index in [1.807, 2.05) is 7.05 Å². The van der Waals surface area contributed by atoms with Crippen LogP contribution < -0.4 is 0 Å². The molecule has 3 aromatic rings. The summed E-state index contributed by atoms with van der Waals surface area (Å²) >= 11 is 7.97. The largest absolute Gasteiger partial charge is 0.250 e. The third-order valence-electron chi connectivity index (χ3n) is 3.34. The summed E-state index contributed by atoms with van der Waals surface area (Å²) in [5.74, 6) is 2.42. The van der Waals surface area contributed by atoms with Crippen LogP contribution in [0.4, 0.5) is 0 Å². The average molecular weight is 319 g/mol. The molecule has 0 N–H and O–H groups in total. The van der Waals surface area contributed by atoms with Gasteiger partial charge in [-0.3, -0.25) is 4.68 Å². The maximum absolute atomic E-state index is 6.18. The van der Waals surface area contributed by atoms with Gasteiger partial charge in [-0.05, 0) is 18.1 Å². The molecule has 0 aliphatic carbocycles. The van der Waals surface area contributed by atoms with E-state index in [9.17, 15) is 0 Å². The summed E-state index contributed by atoms with van der Waals surface area (Å²) in [6.07, 6.45) is 1.70. The van der Waals surface area contributed by atoms with Crippen molar-refractivity contribution in [3.8, 4) is 0 Å². The van der Waals surface area contributed by atoms with E-state index in [1.165, 1.54) is 11.1 Å². The Bertz CT molecular complexity index is 784. The highest BCUT2D eigenvalue weighted by Crippen LogP contribution is 2.23. The molecule has 0 aliphatic rings. The van der Waals surface area contributed by atoms with Gasteiger partial charge in [0.2, 0.25) is 0 Å². The fourth-order valence-corrected chi connectivity index (χ4v) is 3.31. The van der Waals surface area contributed by atoms with Gasteiger partial charge in [0, 0.05) is 12.8 Å². The number of fused-ring (bicyclic) bond motifs is 1. The van der Waals surface area contributed by atoms with Crippen molar-refractivity contribution in [1.29, 1.82) is 0 Å². The van der Waals surface area contributed by atoms with E-state index in [2.05, 4.69) is 46.3 Å². The van der Waals surface area contributed by atoms with Crippen LogP contribution in [0.3, 0.4) is 0 Å². The molecule has 0 radical (unpaired) electrons. The SMILES string of the molecule is Cc1ccccc1CSCc1nc(Cl)c2cnn(C)c2n1. The van der Waals surface area contributed by atoms with Gasteiger partial charge in [-0.2, -0.15) is 5.10 Å². The molecule has 3 rings (SSSR count). The molecule has 0 bridgehead atoms. The van der Waals surface area contributed by atoms with Crippen molar-refractivity contribution in [2.24, 2.45) is 7.05 Å². The fourth-order valence-electron chi connectivity index (χ4n) is 2.12. The monoisotopic (exact) mass is 318 g/mol. The van der Waals surface area contributed by atoms with E-state index in [0.29, 0.717) is 5.15 Å². The van der Waals surface area contributed by atoms with E-state index >= 15 is 0 Å². The van der Waals surface area contributed by atoms with E-state index in [1.54, 1.807) is 22.6 Å². The summed E-state index contributed by atoms with van der Waals surface area (Å²) in [6.45, 7) is 2.13. The third-order valence-corrected chi connectivity index (χ3v) is 4.61. The Morgan fingerprint density at radius 3 is 2.81 bits per heavy atom. The van der Waals surface area contributed by atoms with Gasteiger partial charge in [0.25, 0.3) is 0 Å². The first-order valence-electron chi connectivity index (χ1n) is 6.61. The first kappa shape index (κ1) is 14.4. The van der Waals surface area contributed by atoms with Crippen molar-refractivity contribution in [1.82, 2.24) is 19.7 Å². The standard InChI is InChI=1S/C15H15ClN4S/c1-10-5-3-4-6-11(10)8-21-9-13-18-14(16)12-7-17-20(2)15(12)19-13/h3-7H,8-9H2,1-2H3. The molecule has 0 unspecified atom stereocenters. The minimum absolute atomic E-state index is 0.472. The van der Waals surface area contributed by atoms with Crippen molar-refractivity contribution >= 4 is 34.4 Å².